The molecule has 1 aromatic heterocycles. The molecule has 92 valence electrons. The van der Waals surface area contributed by atoms with Crippen molar-refractivity contribution in [2.24, 2.45) is 11.8 Å². The molecule has 1 aliphatic carbocycles. The smallest absolute Gasteiger partial charge is 0.108 e. The van der Waals surface area contributed by atoms with Crippen LogP contribution in [0.3, 0.4) is 0 Å². The second-order valence-corrected chi connectivity index (χ2v) is 5.84. The summed E-state index contributed by atoms with van der Waals surface area (Å²) < 4.78 is 5.60. The van der Waals surface area contributed by atoms with Crippen LogP contribution in [-0.2, 0) is 6.42 Å². The lowest BCUT2D eigenvalue weighted by Crippen LogP contribution is -2.31. The zero-order valence-corrected chi connectivity index (χ0v) is 10.2. The van der Waals surface area contributed by atoms with E-state index in [9.17, 15) is 0 Å². The van der Waals surface area contributed by atoms with E-state index < -0.39 is 0 Å². The summed E-state index contributed by atoms with van der Waals surface area (Å²) in [7, 11) is 0. The van der Waals surface area contributed by atoms with Gasteiger partial charge in [0, 0.05) is 31.1 Å². The molecule has 17 heavy (non-hydrogen) atoms. The van der Waals surface area contributed by atoms with Crippen LogP contribution in [0.25, 0.3) is 0 Å². The number of hydrogen-bond acceptors (Lipinski definition) is 3. The van der Waals surface area contributed by atoms with Gasteiger partial charge in [0.2, 0.25) is 0 Å². The first-order valence-corrected chi connectivity index (χ1v) is 6.93. The number of rotatable bonds is 1. The fourth-order valence-electron chi connectivity index (χ4n) is 3.99. The van der Waals surface area contributed by atoms with Crippen LogP contribution in [0.5, 0.6) is 0 Å². The average molecular weight is 232 g/mol. The highest BCUT2D eigenvalue weighted by molar-refractivity contribution is 5.24. The van der Waals surface area contributed by atoms with Crippen LogP contribution in [0.4, 0.5) is 0 Å². The van der Waals surface area contributed by atoms with E-state index in [0.717, 1.165) is 18.3 Å². The standard InChI is InChI=1S/C14H20N2O/c1-2-13(12-4-5-17-14(12)3-1)16-8-10-6-15-7-11(10)9-16/h4-5,10-11,13,15H,1-3,6-9H2/t10-,11+,13?. The highest BCUT2D eigenvalue weighted by Crippen LogP contribution is 2.39. The first-order valence-electron chi connectivity index (χ1n) is 6.93. The van der Waals surface area contributed by atoms with Gasteiger partial charge in [-0.25, -0.2) is 0 Å². The lowest BCUT2D eigenvalue weighted by atomic mass is 9.92. The number of furan rings is 1. The maximum absolute atomic E-state index is 5.60. The highest BCUT2D eigenvalue weighted by Gasteiger charge is 2.40. The van der Waals surface area contributed by atoms with Crippen molar-refractivity contribution in [3.8, 4) is 0 Å². The summed E-state index contributed by atoms with van der Waals surface area (Å²) in [6.45, 7) is 5.03. The van der Waals surface area contributed by atoms with Crippen LogP contribution in [-0.4, -0.2) is 31.1 Å². The van der Waals surface area contributed by atoms with E-state index in [4.69, 9.17) is 4.42 Å². The van der Waals surface area contributed by atoms with Gasteiger partial charge in [-0.05, 0) is 43.8 Å². The van der Waals surface area contributed by atoms with Crippen molar-refractivity contribution >= 4 is 0 Å². The number of fused-ring (bicyclic) bond motifs is 2. The third-order valence-electron chi connectivity index (χ3n) is 4.88. The zero-order valence-electron chi connectivity index (χ0n) is 10.2. The minimum absolute atomic E-state index is 0.642. The summed E-state index contributed by atoms with van der Waals surface area (Å²) in [6, 6.07) is 2.84. The minimum Gasteiger partial charge on any atom is -0.469 e. The third-order valence-corrected chi connectivity index (χ3v) is 4.88. The van der Waals surface area contributed by atoms with Gasteiger partial charge in [-0.2, -0.15) is 0 Å². The van der Waals surface area contributed by atoms with Gasteiger partial charge >= 0.3 is 0 Å². The lowest BCUT2D eigenvalue weighted by molar-refractivity contribution is 0.202. The van der Waals surface area contributed by atoms with Gasteiger partial charge in [0.15, 0.2) is 0 Å². The van der Waals surface area contributed by atoms with Gasteiger partial charge in [-0.1, -0.05) is 0 Å². The zero-order chi connectivity index (χ0) is 11.2. The van der Waals surface area contributed by atoms with Crippen LogP contribution in [0.2, 0.25) is 0 Å². The van der Waals surface area contributed by atoms with Gasteiger partial charge in [0.05, 0.1) is 6.26 Å². The summed E-state index contributed by atoms with van der Waals surface area (Å²) >= 11 is 0. The van der Waals surface area contributed by atoms with E-state index in [1.54, 1.807) is 0 Å². The van der Waals surface area contributed by atoms with Crippen molar-refractivity contribution in [3.05, 3.63) is 23.7 Å². The van der Waals surface area contributed by atoms with Gasteiger partial charge in [-0.15, -0.1) is 0 Å². The quantitative estimate of drug-likeness (QED) is 0.800. The van der Waals surface area contributed by atoms with Crippen LogP contribution in [0, 0.1) is 11.8 Å². The Bertz CT molecular complexity index is 402. The average Bonchev–Trinajstić information content (AvgIpc) is 3.02. The molecule has 0 aromatic carbocycles. The topological polar surface area (TPSA) is 28.4 Å². The van der Waals surface area contributed by atoms with E-state index in [1.807, 2.05) is 6.26 Å². The second-order valence-electron chi connectivity index (χ2n) is 5.84. The van der Waals surface area contributed by atoms with Gasteiger partial charge in [-0.3, -0.25) is 4.90 Å². The Kier molecular flexibility index (Phi) is 2.30. The summed E-state index contributed by atoms with van der Waals surface area (Å²) in [5.41, 5.74) is 1.48. The molecule has 3 atom stereocenters. The predicted octanol–water partition coefficient (Wildman–Crippen LogP) is 1.81. The molecule has 0 amide bonds. The first kappa shape index (κ1) is 10.2. The molecule has 1 aromatic rings. The van der Waals surface area contributed by atoms with E-state index in [0.29, 0.717) is 6.04 Å². The van der Waals surface area contributed by atoms with Gasteiger partial charge in [0.25, 0.3) is 0 Å². The molecule has 0 saturated carbocycles. The summed E-state index contributed by atoms with van der Waals surface area (Å²) in [5, 5.41) is 3.52. The summed E-state index contributed by atoms with van der Waals surface area (Å²) in [4.78, 5) is 2.71. The van der Waals surface area contributed by atoms with Crippen LogP contribution in [0.1, 0.15) is 30.2 Å². The molecule has 2 saturated heterocycles. The van der Waals surface area contributed by atoms with E-state index in [2.05, 4.69) is 16.3 Å². The summed E-state index contributed by atoms with van der Waals surface area (Å²) in [5.74, 6) is 3.04. The van der Waals surface area contributed by atoms with Crippen LogP contribution in [0.15, 0.2) is 16.7 Å². The largest absolute Gasteiger partial charge is 0.469 e. The van der Waals surface area contributed by atoms with E-state index in [1.165, 1.54) is 50.3 Å². The summed E-state index contributed by atoms with van der Waals surface area (Å²) in [6.07, 6.45) is 5.62. The molecule has 3 aliphatic rings. The monoisotopic (exact) mass is 232 g/mol. The molecule has 3 heteroatoms. The third kappa shape index (κ3) is 1.56. The Morgan fingerprint density at radius 1 is 1.24 bits per heavy atom. The van der Waals surface area contributed by atoms with Gasteiger partial charge in [0.1, 0.15) is 5.76 Å². The Morgan fingerprint density at radius 2 is 2.06 bits per heavy atom. The fraction of sp³-hybridized carbons (Fsp3) is 0.714. The van der Waals surface area contributed by atoms with Crippen LogP contribution >= 0.6 is 0 Å². The Morgan fingerprint density at radius 3 is 2.88 bits per heavy atom. The number of hydrogen-bond donors (Lipinski definition) is 1. The molecule has 4 rings (SSSR count). The maximum Gasteiger partial charge on any atom is 0.108 e. The van der Waals surface area contributed by atoms with E-state index >= 15 is 0 Å². The van der Waals surface area contributed by atoms with Gasteiger partial charge < -0.3 is 9.73 Å². The predicted molar refractivity (Wildman–Crippen MR) is 65.8 cm³/mol. The molecule has 2 fully saturated rings. The molecular formula is C14H20N2O. The number of nitrogens with zero attached hydrogens (tertiary/aromatic N) is 1. The molecule has 3 nitrogen and oxygen atoms in total. The number of aryl methyl sites for hydroxylation is 1. The van der Waals surface area contributed by atoms with Crippen molar-refractivity contribution in [2.45, 2.75) is 25.3 Å². The fourth-order valence-corrected chi connectivity index (χ4v) is 3.99. The normalized spacial score (nSPS) is 37.1. The Labute approximate surface area is 102 Å². The highest BCUT2D eigenvalue weighted by atomic mass is 16.3. The number of nitrogens with one attached hydrogen (secondary N) is 1. The Balaban J connectivity index is 1.57. The van der Waals surface area contributed by atoms with Crippen molar-refractivity contribution in [1.82, 2.24) is 10.2 Å². The Hall–Kier alpha value is -0.800. The molecular weight excluding hydrogens is 212 g/mol. The van der Waals surface area contributed by atoms with Crippen molar-refractivity contribution in [3.63, 3.8) is 0 Å². The molecule has 0 bridgehead atoms. The second kappa shape index (κ2) is 3.85. The maximum atomic E-state index is 5.60. The molecule has 1 unspecified atom stereocenters. The minimum atomic E-state index is 0.642. The molecule has 3 heterocycles. The molecule has 0 radical (unpaired) electrons. The molecule has 1 N–H and O–H groups in total. The van der Waals surface area contributed by atoms with E-state index in [-0.39, 0.29) is 0 Å². The molecule has 2 aliphatic heterocycles. The van der Waals surface area contributed by atoms with Crippen LogP contribution < -0.4 is 5.32 Å². The first-order chi connectivity index (χ1) is 8.42. The number of likely N-dealkylation sites (tertiary alicyclic amines) is 1. The van der Waals surface area contributed by atoms with Crippen molar-refractivity contribution in [2.75, 3.05) is 26.2 Å². The van der Waals surface area contributed by atoms with Crippen molar-refractivity contribution in [1.29, 1.82) is 0 Å². The lowest BCUT2D eigenvalue weighted by Gasteiger charge is -2.31. The molecule has 0 spiro atoms. The SMILES string of the molecule is c1cc2c(o1)CCCC2N1C[C@H]2CNC[C@H]2C1. The van der Waals surface area contributed by atoms with Crippen molar-refractivity contribution < 1.29 is 4.42 Å².